The van der Waals surface area contributed by atoms with Crippen molar-refractivity contribution in [3.8, 4) is 11.4 Å². The molecule has 0 amide bonds. The third-order valence-electron chi connectivity index (χ3n) is 3.74. The van der Waals surface area contributed by atoms with E-state index in [0.717, 1.165) is 11.4 Å². The van der Waals surface area contributed by atoms with E-state index in [9.17, 15) is 9.18 Å². The number of rotatable bonds is 7. The van der Waals surface area contributed by atoms with E-state index in [1.807, 2.05) is 23.6 Å². The number of hydrogen-bond donors (Lipinski definition) is 0. The number of carbonyl (C=O) groups is 1. The number of Topliss-reactive ketones (excluding diaryl/α,β-unsaturated/α-hetero) is 1. The first-order valence-electron chi connectivity index (χ1n) is 8.00. The van der Waals surface area contributed by atoms with Gasteiger partial charge in [-0.1, -0.05) is 33.8 Å². The van der Waals surface area contributed by atoms with Crippen molar-refractivity contribution >= 4 is 33.5 Å². The van der Waals surface area contributed by atoms with E-state index in [0.29, 0.717) is 21.7 Å². The predicted molar refractivity (Wildman–Crippen MR) is 102 cm³/mol. The van der Waals surface area contributed by atoms with Crippen LogP contribution in [0.25, 0.3) is 11.4 Å². The number of halogens is 2. The van der Waals surface area contributed by atoms with Crippen LogP contribution in [-0.2, 0) is 17.8 Å². The quantitative estimate of drug-likeness (QED) is 0.522. The zero-order valence-corrected chi connectivity index (χ0v) is 16.4. The minimum atomic E-state index is -0.380. The van der Waals surface area contributed by atoms with Crippen molar-refractivity contribution in [2.45, 2.75) is 25.0 Å². The van der Waals surface area contributed by atoms with Gasteiger partial charge in [-0.05, 0) is 36.8 Å². The zero-order chi connectivity index (χ0) is 18.5. The number of benzene rings is 1. The Bertz CT molecular complexity index is 917. The van der Waals surface area contributed by atoms with Gasteiger partial charge in [0.05, 0.1) is 5.75 Å². The maximum Gasteiger partial charge on any atom is 0.191 e. The van der Waals surface area contributed by atoms with Crippen molar-refractivity contribution in [3.63, 3.8) is 0 Å². The molecule has 0 aliphatic rings. The van der Waals surface area contributed by atoms with Gasteiger partial charge >= 0.3 is 0 Å². The van der Waals surface area contributed by atoms with Crippen LogP contribution in [0.4, 0.5) is 4.39 Å². The lowest BCUT2D eigenvalue weighted by Gasteiger charge is -2.07. The van der Waals surface area contributed by atoms with Crippen molar-refractivity contribution in [2.24, 2.45) is 0 Å². The molecular formula is C18H16BrFN4OS. The van der Waals surface area contributed by atoms with E-state index in [1.165, 1.54) is 17.8 Å². The molecule has 2 heterocycles. The van der Waals surface area contributed by atoms with E-state index in [1.54, 1.807) is 24.5 Å². The van der Waals surface area contributed by atoms with Gasteiger partial charge in [0.2, 0.25) is 0 Å². The molecule has 134 valence electrons. The molecule has 0 unspecified atom stereocenters. The van der Waals surface area contributed by atoms with Gasteiger partial charge in [-0.25, -0.2) is 4.39 Å². The monoisotopic (exact) mass is 434 g/mol. The first kappa shape index (κ1) is 18.7. The fourth-order valence-corrected chi connectivity index (χ4v) is 3.66. The van der Waals surface area contributed by atoms with Crippen LogP contribution >= 0.6 is 27.7 Å². The highest BCUT2D eigenvalue weighted by Crippen LogP contribution is 2.24. The van der Waals surface area contributed by atoms with Crippen LogP contribution in [0.3, 0.4) is 0 Å². The molecule has 0 bridgehead atoms. The summed E-state index contributed by atoms with van der Waals surface area (Å²) in [6, 6.07) is 8.45. The molecule has 0 aliphatic heterocycles. The molecule has 2 aromatic heterocycles. The number of carbonyl (C=O) groups excluding carboxylic acids is 1. The number of thioether (sulfide) groups is 1. The standard InChI is InChI=1S/C18H16BrFN4OS/c1-2-24-17(12-5-7-21-8-6-12)22-23-18(24)26-11-15(25)9-13-3-4-14(19)10-16(13)20/h3-8,10H,2,9,11H2,1H3. The summed E-state index contributed by atoms with van der Waals surface area (Å²) in [4.78, 5) is 16.2. The van der Waals surface area contributed by atoms with Crippen LogP contribution in [0, 0.1) is 5.82 Å². The summed E-state index contributed by atoms with van der Waals surface area (Å²) in [5, 5.41) is 9.10. The third-order valence-corrected chi connectivity index (χ3v) is 5.26. The van der Waals surface area contributed by atoms with Gasteiger partial charge in [-0.3, -0.25) is 9.78 Å². The van der Waals surface area contributed by atoms with Gasteiger partial charge in [-0.15, -0.1) is 10.2 Å². The molecule has 0 atom stereocenters. The summed E-state index contributed by atoms with van der Waals surface area (Å²) in [7, 11) is 0. The van der Waals surface area contributed by atoms with Gasteiger partial charge in [-0.2, -0.15) is 0 Å². The van der Waals surface area contributed by atoms with Crippen LogP contribution in [-0.4, -0.2) is 31.3 Å². The highest BCUT2D eigenvalue weighted by atomic mass is 79.9. The second-order valence-corrected chi connectivity index (χ2v) is 7.38. The Kier molecular flexibility index (Phi) is 6.16. The molecule has 0 aliphatic carbocycles. The van der Waals surface area contributed by atoms with Crippen molar-refractivity contribution in [1.29, 1.82) is 0 Å². The van der Waals surface area contributed by atoms with Crippen molar-refractivity contribution < 1.29 is 9.18 Å². The molecule has 0 fully saturated rings. The Morgan fingerprint density at radius 3 is 2.69 bits per heavy atom. The van der Waals surface area contributed by atoms with Crippen molar-refractivity contribution in [3.05, 3.63) is 58.6 Å². The molecule has 0 saturated heterocycles. The van der Waals surface area contributed by atoms with E-state index in [-0.39, 0.29) is 23.8 Å². The molecule has 26 heavy (non-hydrogen) atoms. The molecule has 0 spiro atoms. The van der Waals surface area contributed by atoms with Crippen molar-refractivity contribution in [2.75, 3.05) is 5.75 Å². The molecule has 5 nitrogen and oxygen atoms in total. The molecule has 0 saturated carbocycles. The van der Waals surface area contributed by atoms with E-state index in [2.05, 4.69) is 31.1 Å². The Morgan fingerprint density at radius 1 is 1.23 bits per heavy atom. The Labute approximate surface area is 163 Å². The van der Waals surface area contributed by atoms with E-state index < -0.39 is 0 Å². The van der Waals surface area contributed by atoms with Gasteiger partial charge < -0.3 is 4.57 Å². The molecule has 0 N–H and O–H groups in total. The van der Waals surface area contributed by atoms with Crippen LogP contribution in [0.1, 0.15) is 12.5 Å². The Balaban J connectivity index is 1.68. The third kappa shape index (κ3) is 4.37. The van der Waals surface area contributed by atoms with Gasteiger partial charge in [0.25, 0.3) is 0 Å². The maximum atomic E-state index is 13.9. The van der Waals surface area contributed by atoms with Gasteiger partial charge in [0.1, 0.15) is 11.6 Å². The highest BCUT2D eigenvalue weighted by Gasteiger charge is 2.15. The lowest BCUT2D eigenvalue weighted by Crippen LogP contribution is -2.08. The number of pyridine rings is 1. The molecule has 0 radical (unpaired) electrons. The zero-order valence-electron chi connectivity index (χ0n) is 14.0. The Morgan fingerprint density at radius 2 is 2.00 bits per heavy atom. The molecule has 3 rings (SSSR count). The van der Waals surface area contributed by atoms with Crippen LogP contribution in [0.5, 0.6) is 0 Å². The first-order chi connectivity index (χ1) is 12.6. The summed E-state index contributed by atoms with van der Waals surface area (Å²) in [5.74, 6) is 0.509. The summed E-state index contributed by atoms with van der Waals surface area (Å²) < 4.78 is 16.5. The summed E-state index contributed by atoms with van der Waals surface area (Å²) in [6.45, 7) is 2.68. The SMILES string of the molecule is CCn1c(SCC(=O)Cc2ccc(Br)cc2F)nnc1-c1ccncc1. The normalized spacial score (nSPS) is 10.9. The van der Waals surface area contributed by atoms with Crippen LogP contribution < -0.4 is 0 Å². The highest BCUT2D eigenvalue weighted by molar-refractivity contribution is 9.10. The smallest absolute Gasteiger partial charge is 0.191 e. The Hall–Kier alpha value is -2.06. The van der Waals surface area contributed by atoms with Crippen molar-refractivity contribution in [1.82, 2.24) is 19.7 Å². The topological polar surface area (TPSA) is 60.7 Å². The largest absolute Gasteiger partial charge is 0.302 e. The summed E-state index contributed by atoms with van der Waals surface area (Å²) in [6.07, 6.45) is 3.46. The fourth-order valence-electron chi connectivity index (χ4n) is 2.47. The van der Waals surface area contributed by atoms with Crippen LogP contribution in [0.2, 0.25) is 0 Å². The average molecular weight is 435 g/mol. The number of nitrogens with zero attached hydrogens (tertiary/aromatic N) is 4. The number of aromatic nitrogens is 4. The predicted octanol–water partition coefficient (Wildman–Crippen LogP) is 4.17. The second kappa shape index (κ2) is 8.55. The maximum absolute atomic E-state index is 13.9. The van der Waals surface area contributed by atoms with Crippen LogP contribution in [0.15, 0.2) is 52.4 Å². The minimum absolute atomic E-state index is 0.0591. The lowest BCUT2D eigenvalue weighted by atomic mass is 10.1. The van der Waals surface area contributed by atoms with Gasteiger partial charge in [0, 0.05) is 35.4 Å². The van der Waals surface area contributed by atoms with E-state index >= 15 is 0 Å². The fraction of sp³-hybridized carbons (Fsp3) is 0.222. The minimum Gasteiger partial charge on any atom is -0.302 e. The average Bonchev–Trinajstić information content (AvgIpc) is 3.06. The summed E-state index contributed by atoms with van der Waals surface area (Å²) in [5.41, 5.74) is 1.32. The number of ketones is 1. The van der Waals surface area contributed by atoms with Gasteiger partial charge in [0.15, 0.2) is 11.0 Å². The number of hydrogen-bond acceptors (Lipinski definition) is 5. The second-order valence-electron chi connectivity index (χ2n) is 5.53. The molecule has 3 aromatic rings. The first-order valence-corrected chi connectivity index (χ1v) is 9.78. The molecule has 1 aromatic carbocycles. The van der Waals surface area contributed by atoms with E-state index in [4.69, 9.17) is 0 Å². The summed E-state index contributed by atoms with van der Waals surface area (Å²) >= 11 is 4.53. The molecule has 8 heteroatoms. The molecular weight excluding hydrogens is 419 g/mol. The lowest BCUT2D eigenvalue weighted by molar-refractivity contribution is -0.116.